The number of sulfonamides is 1. The number of nitrogens with zero attached hydrogens (tertiary/aromatic N) is 2. The van der Waals surface area contributed by atoms with Crippen molar-refractivity contribution in [1.29, 1.82) is 0 Å². The molecule has 2 heterocycles. The van der Waals surface area contributed by atoms with Gasteiger partial charge in [0.05, 0.1) is 16.6 Å². The maximum Gasteiger partial charge on any atom is 0.264 e. The monoisotopic (exact) mass is 396 g/mol. The minimum Gasteiger partial charge on any atom is -0.306 e. The number of aryl methyl sites for hydroxylation is 1. The van der Waals surface area contributed by atoms with E-state index in [4.69, 9.17) is 0 Å². The number of likely N-dealkylation sites (tertiary alicyclic amines) is 1. The number of anilines is 1. The highest BCUT2D eigenvalue weighted by atomic mass is 35.5. The lowest BCUT2D eigenvalue weighted by Gasteiger charge is -2.36. The van der Waals surface area contributed by atoms with E-state index >= 15 is 0 Å². The molecule has 4 rings (SSSR count). The number of benzene rings is 2. The molecule has 1 saturated heterocycles. The molecule has 2 atom stereocenters. The van der Waals surface area contributed by atoms with Crippen LogP contribution >= 0.6 is 12.4 Å². The molecule has 2 aromatic carbocycles. The van der Waals surface area contributed by atoms with E-state index in [1.54, 1.807) is 4.31 Å². The molecule has 26 heavy (non-hydrogen) atoms. The smallest absolute Gasteiger partial charge is 0.264 e. The Morgan fingerprint density at radius 3 is 2.50 bits per heavy atom. The molecule has 0 amide bonds. The van der Waals surface area contributed by atoms with E-state index in [1.807, 2.05) is 19.1 Å². The first kappa shape index (κ1) is 19.1. The molecular formula is C19H22ClFN2O2S. The second kappa shape index (κ2) is 6.83. The lowest BCUT2D eigenvalue weighted by atomic mass is 9.89. The summed E-state index contributed by atoms with van der Waals surface area (Å²) in [5.41, 5.74) is 2.99. The minimum absolute atomic E-state index is 0. The van der Waals surface area contributed by atoms with Gasteiger partial charge in [0.15, 0.2) is 0 Å². The first-order valence-corrected chi connectivity index (χ1v) is 9.91. The maximum absolute atomic E-state index is 13.3. The van der Waals surface area contributed by atoms with Gasteiger partial charge in [-0.1, -0.05) is 17.7 Å². The van der Waals surface area contributed by atoms with Crippen LogP contribution in [0, 0.1) is 12.7 Å². The standard InChI is InChI=1S/C19H21FN2O2S.ClH/c1-13-3-8-18-16(11-13)17-12-21(2)10-9-19(17)22(18)25(23,24)15-6-4-14(20)5-7-15;/h3-8,11,17,19H,9-10,12H2,1-2H3;1H/t17-,19+;/m0./s1. The van der Waals surface area contributed by atoms with Crippen molar-refractivity contribution in [3.05, 3.63) is 59.4 Å². The Bertz CT molecular complexity index is 918. The number of hydrogen-bond donors (Lipinski definition) is 0. The lowest BCUT2D eigenvalue weighted by Crippen LogP contribution is -2.47. The largest absolute Gasteiger partial charge is 0.306 e. The molecule has 2 aliphatic rings. The molecule has 7 heteroatoms. The molecule has 2 aliphatic heterocycles. The summed E-state index contributed by atoms with van der Waals surface area (Å²) in [7, 11) is -1.65. The van der Waals surface area contributed by atoms with Crippen LogP contribution in [0.25, 0.3) is 0 Å². The Hall–Kier alpha value is -1.63. The zero-order chi connectivity index (χ0) is 17.8. The zero-order valence-corrected chi connectivity index (χ0v) is 16.4. The van der Waals surface area contributed by atoms with Gasteiger partial charge in [-0.2, -0.15) is 0 Å². The summed E-state index contributed by atoms with van der Waals surface area (Å²) in [5.74, 6) is -0.266. The van der Waals surface area contributed by atoms with Crippen LogP contribution in [0.1, 0.15) is 23.5 Å². The van der Waals surface area contributed by atoms with Crippen LogP contribution in [0.15, 0.2) is 47.4 Å². The van der Waals surface area contributed by atoms with Gasteiger partial charge in [-0.15, -0.1) is 12.4 Å². The van der Waals surface area contributed by atoms with Crippen LogP contribution in [-0.4, -0.2) is 39.5 Å². The van der Waals surface area contributed by atoms with Gasteiger partial charge in [-0.25, -0.2) is 12.8 Å². The van der Waals surface area contributed by atoms with Gasteiger partial charge in [-0.3, -0.25) is 4.31 Å². The molecule has 1 fully saturated rings. The van der Waals surface area contributed by atoms with Crippen LogP contribution in [0.4, 0.5) is 10.1 Å². The van der Waals surface area contributed by atoms with E-state index < -0.39 is 15.8 Å². The summed E-state index contributed by atoms with van der Waals surface area (Å²) < 4.78 is 41.4. The topological polar surface area (TPSA) is 40.6 Å². The average molecular weight is 397 g/mol. The average Bonchev–Trinajstić information content (AvgIpc) is 2.89. The minimum atomic E-state index is -3.72. The zero-order valence-electron chi connectivity index (χ0n) is 14.7. The summed E-state index contributed by atoms with van der Waals surface area (Å²) in [6.07, 6.45) is 0.787. The molecule has 0 saturated carbocycles. The van der Waals surface area contributed by atoms with Crippen molar-refractivity contribution in [3.63, 3.8) is 0 Å². The molecule has 4 nitrogen and oxygen atoms in total. The van der Waals surface area contributed by atoms with Crippen LogP contribution in [0.5, 0.6) is 0 Å². The third-order valence-corrected chi connectivity index (χ3v) is 7.12. The highest BCUT2D eigenvalue weighted by Gasteiger charge is 2.46. The Kier molecular flexibility index (Phi) is 5.03. The van der Waals surface area contributed by atoms with Crippen molar-refractivity contribution < 1.29 is 12.8 Å². The Labute approximate surface area is 160 Å². The predicted molar refractivity (Wildman–Crippen MR) is 103 cm³/mol. The van der Waals surface area contributed by atoms with E-state index in [0.717, 1.165) is 36.3 Å². The number of halogens is 2. The van der Waals surface area contributed by atoms with E-state index in [-0.39, 0.29) is 29.3 Å². The Morgan fingerprint density at radius 2 is 1.81 bits per heavy atom. The SMILES string of the molecule is Cc1ccc2c(c1)[C@@H]1CN(C)CC[C@H]1N2S(=O)(=O)c1ccc(F)cc1.Cl. The molecule has 2 aromatic rings. The van der Waals surface area contributed by atoms with Gasteiger partial charge in [-0.05, 0) is 62.8 Å². The van der Waals surface area contributed by atoms with Gasteiger partial charge in [0.1, 0.15) is 5.82 Å². The third kappa shape index (κ3) is 3.00. The fourth-order valence-electron chi connectivity index (χ4n) is 4.07. The molecular weight excluding hydrogens is 375 g/mol. The Morgan fingerprint density at radius 1 is 1.12 bits per heavy atom. The van der Waals surface area contributed by atoms with E-state index in [2.05, 4.69) is 18.0 Å². The summed E-state index contributed by atoms with van der Waals surface area (Å²) in [5, 5.41) is 0. The van der Waals surface area contributed by atoms with Crippen LogP contribution in [0.2, 0.25) is 0 Å². The maximum atomic E-state index is 13.3. The van der Waals surface area contributed by atoms with Crippen molar-refractivity contribution in [2.45, 2.75) is 30.2 Å². The first-order valence-electron chi connectivity index (χ1n) is 8.47. The van der Waals surface area contributed by atoms with Gasteiger partial charge in [0.25, 0.3) is 10.0 Å². The number of hydrogen-bond acceptors (Lipinski definition) is 3. The van der Waals surface area contributed by atoms with Gasteiger partial charge in [0.2, 0.25) is 0 Å². The fourth-order valence-corrected chi connectivity index (χ4v) is 5.81. The Balaban J connectivity index is 0.00000196. The highest BCUT2D eigenvalue weighted by Crippen LogP contribution is 2.47. The number of piperidine rings is 1. The summed E-state index contributed by atoms with van der Waals surface area (Å²) >= 11 is 0. The third-order valence-electron chi connectivity index (χ3n) is 5.27. The molecule has 0 N–H and O–H groups in total. The number of fused-ring (bicyclic) bond motifs is 3. The van der Waals surface area contributed by atoms with Crippen molar-refractivity contribution in [3.8, 4) is 0 Å². The van der Waals surface area contributed by atoms with Crippen LogP contribution in [-0.2, 0) is 10.0 Å². The molecule has 0 aliphatic carbocycles. The first-order chi connectivity index (χ1) is 11.9. The lowest BCUT2D eigenvalue weighted by molar-refractivity contribution is 0.237. The van der Waals surface area contributed by atoms with Crippen molar-refractivity contribution in [1.82, 2.24) is 4.90 Å². The van der Waals surface area contributed by atoms with E-state index in [1.165, 1.54) is 24.3 Å². The molecule has 0 bridgehead atoms. The summed E-state index contributed by atoms with van der Waals surface area (Å²) in [6, 6.07) is 11.0. The van der Waals surface area contributed by atoms with Gasteiger partial charge in [0, 0.05) is 12.5 Å². The normalized spacial score (nSPS) is 22.5. The molecule has 0 spiro atoms. The van der Waals surface area contributed by atoms with Gasteiger partial charge < -0.3 is 4.90 Å². The van der Waals surface area contributed by atoms with Crippen LogP contribution in [0.3, 0.4) is 0 Å². The van der Waals surface area contributed by atoms with Crippen molar-refractivity contribution >= 4 is 28.1 Å². The molecule has 140 valence electrons. The molecule has 0 radical (unpaired) electrons. The fraction of sp³-hybridized carbons (Fsp3) is 0.368. The number of rotatable bonds is 2. The number of likely N-dealkylation sites (N-methyl/N-ethyl adjacent to an activating group) is 1. The highest BCUT2D eigenvalue weighted by molar-refractivity contribution is 7.92. The van der Waals surface area contributed by atoms with Gasteiger partial charge >= 0.3 is 0 Å². The van der Waals surface area contributed by atoms with Crippen molar-refractivity contribution in [2.75, 3.05) is 24.4 Å². The summed E-state index contributed by atoms with van der Waals surface area (Å²) in [6.45, 7) is 3.74. The molecule has 0 unspecified atom stereocenters. The van der Waals surface area contributed by atoms with E-state index in [9.17, 15) is 12.8 Å². The van der Waals surface area contributed by atoms with Crippen LogP contribution < -0.4 is 4.31 Å². The second-order valence-electron chi connectivity index (χ2n) is 7.04. The predicted octanol–water partition coefficient (Wildman–Crippen LogP) is 3.55. The molecule has 0 aromatic heterocycles. The van der Waals surface area contributed by atoms with E-state index in [0.29, 0.717) is 0 Å². The quantitative estimate of drug-likeness (QED) is 0.779. The van der Waals surface area contributed by atoms with Crippen molar-refractivity contribution in [2.24, 2.45) is 0 Å². The summed E-state index contributed by atoms with van der Waals surface area (Å²) in [4.78, 5) is 2.39. The second-order valence-corrected chi connectivity index (χ2v) is 8.86.